The van der Waals surface area contributed by atoms with Crippen LogP contribution in [0, 0.1) is 5.82 Å². The van der Waals surface area contributed by atoms with Crippen LogP contribution in [0.4, 0.5) is 16.2 Å². The van der Waals surface area contributed by atoms with Crippen molar-refractivity contribution in [1.29, 1.82) is 0 Å². The van der Waals surface area contributed by atoms with Crippen LogP contribution in [0.1, 0.15) is 37.7 Å². The van der Waals surface area contributed by atoms with Crippen molar-refractivity contribution in [3.05, 3.63) is 59.6 Å². The van der Waals surface area contributed by atoms with E-state index in [0.717, 1.165) is 24.3 Å². The van der Waals surface area contributed by atoms with E-state index in [1.54, 1.807) is 23.9 Å². The second-order valence-electron chi connectivity index (χ2n) is 6.03. The number of aromatic nitrogens is 2. The summed E-state index contributed by atoms with van der Waals surface area (Å²) in [7, 11) is 0. The summed E-state index contributed by atoms with van der Waals surface area (Å²) in [5.41, 5.74) is 2.55. The minimum atomic E-state index is -0.222. The summed E-state index contributed by atoms with van der Waals surface area (Å²) in [5.74, 6) is 1.17. The molecule has 5 heteroatoms. The highest BCUT2D eigenvalue weighted by Crippen LogP contribution is 2.20. The maximum absolute atomic E-state index is 12.9. The quantitative estimate of drug-likeness (QED) is 0.734. The summed E-state index contributed by atoms with van der Waals surface area (Å²) >= 11 is 0. The number of anilines is 2. The van der Waals surface area contributed by atoms with Gasteiger partial charge in [-0.1, -0.05) is 23.8 Å². The number of hydrogen-bond donors (Lipinski definition) is 2. The average Bonchev–Trinajstić information content (AvgIpc) is 2.63. The van der Waals surface area contributed by atoms with E-state index < -0.39 is 0 Å². The summed E-state index contributed by atoms with van der Waals surface area (Å²) in [6, 6.07) is 8.29. The van der Waals surface area contributed by atoms with Crippen LogP contribution in [0.25, 0.3) is 0 Å². The van der Waals surface area contributed by atoms with E-state index in [4.69, 9.17) is 0 Å². The molecule has 0 unspecified atom stereocenters. The Morgan fingerprint density at radius 1 is 1.04 bits per heavy atom. The van der Waals surface area contributed by atoms with E-state index >= 15 is 0 Å². The first kappa shape index (κ1) is 16.4. The van der Waals surface area contributed by atoms with Gasteiger partial charge in [0.2, 0.25) is 5.95 Å². The standard InChI is InChI=1S/C19H23FN4/c20-17-8-6-16(7-9-17)14-23-18-11-13-22-19(24-18)21-12-10-15-4-2-1-3-5-15/h4,6-9,11,13H,1-3,5,10,12,14H2,(H2,21,22,23,24). The van der Waals surface area contributed by atoms with Gasteiger partial charge in [-0.3, -0.25) is 0 Å². The molecule has 0 spiro atoms. The van der Waals surface area contributed by atoms with Gasteiger partial charge >= 0.3 is 0 Å². The van der Waals surface area contributed by atoms with Crippen LogP contribution in [-0.2, 0) is 6.54 Å². The zero-order valence-corrected chi connectivity index (χ0v) is 13.8. The van der Waals surface area contributed by atoms with Crippen molar-refractivity contribution < 1.29 is 4.39 Å². The molecule has 1 aliphatic carbocycles. The lowest BCUT2D eigenvalue weighted by Gasteiger charge is -2.13. The summed E-state index contributed by atoms with van der Waals surface area (Å²) in [6.07, 6.45) is 10.2. The van der Waals surface area contributed by atoms with Crippen LogP contribution < -0.4 is 10.6 Å². The number of nitrogens with zero attached hydrogens (tertiary/aromatic N) is 2. The fourth-order valence-corrected chi connectivity index (χ4v) is 2.80. The Morgan fingerprint density at radius 3 is 2.71 bits per heavy atom. The third-order valence-electron chi connectivity index (χ3n) is 4.16. The zero-order valence-electron chi connectivity index (χ0n) is 13.8. The fourth-order valence-electron chi connectivity index (χ4n) is 2.80. The highest BCUT2D eigenvalue weighted by molar-refractivity contribution is 5.40. The Hall–Kier alpha value is -2.43. The molecule has 1 aromatic heterocycles. The molecule has 0 fully saturated rings. The van der Waals surface area contributed by atoms with Crippen molar-refractivity contribution in [2.24, 2.45) is 0 Å². The van der Waals surface area contributed by atoms with Crippen LogP contribution in [0.5, 0.6) is 0 Å². The molecule has 0 bridgehead atoms. The van der Waals surface area contributed by atoms with Gasteiger partial charge in [-0.15, -0.1) is 0 Å². The Morgan fingerprint density at radius 2 is 1.92 bits per heavy atom. The minimum absolute atomic E-state index is 0.222. The number of rotatable bonds is 7. The van der Waals surface area contributed by atoms with Gasteiger partial charge in [0.1, 0.15) is 11.6 Å². The van der Waals surface area contributed by atoms with E-state index in [1.807, 2.05) is 6.07 Å². The Labute approximate surface area is 142 Å². The predicted molar refractivity (Wildman–Crippen MR) is 95.4 cm³/mol. The smallest absolute Gasteiger partial charge is 0.224 e. The maximum Gasteiger partial charge on any atom is 0.224 e. The molecule has 2 aromatic rings. The van der Waals surface area contributed by atoms with E-state index in [1.165, 1.54) is 37.8 Å². The van der Waals surface area contributed by atoms with Gasteiger partial charge in [-0.25, -0.2) is 9.37 Å². The first-order valence-corrected chi connectivity index (χ1v) is 8.53. The van der Waals surface area contributed by atoms with Gasteiger partial charge in [0, 0.05) is 19.3 Å². The number of halogens is 1. The number of allylic oxidation sites excluding steroid dienone is 1. The van der Waals surface area contributed by atoms with E-state index in [9.17, 15) is 4.39 Å². The molecule has 24 heavy (non-hydrogen) atoms. The summed E-state index contributed by atoms with van der Waals surface area (Å²) < 4.78 is 12.9. The van der Waals surface area contributed by atoms with E-state index in [2.05, 4.69) is 26.7 Å². The third-order valence-corrected chi connectivity index (χ3v) is 4.16. The summed E-state index contributed by atoms with van der Waals surface area (Å²) in [6.45, 7) is 1.46. The largest absolute Gasteiger partial charge is 0.366 e. The monoisotopic (exact) mass is 326 g/mol. The van der Waals surface area contributed by atoms with Crippen molar-refractivity contribution in [2.75, 3.05) is 17.2 Å². The first-order valence-electron chi connectivity index (χ1n) is 8.53. The molecule has 0 saturated carbocycles. The van der Waals surface area contributed by atoms with Gasteiger partial charge in [0.05, 0.1) is 0 Å². The molecule has 3 rings (SSSR count). The first-order chi connectivity index (χ1) is 11.8. The van der Waals surface area contributed by atoms with Crippen molar-refractivity contribution in [2.45, 2.75) is 38.6 Å². The summed E-state index contributed by atoms with van der Waals surface area (Å²) in [4.78, 5) is 8.72. The zero-order chi connectivity index (χ0) is 16.6. The van der Waals surface area contributed by atoms with Crippen molar-refractivity contribution in [3.8, 4) is 0 Å². The van der Waals surface area contributed by atoms with Gasteiger partial charge in [0.25, 0.3) is 0 Å². The summed E-state index contributed by atoms with van der Waals surface area (Å²) in [5, 5.41) is 6.52. The lowest BCUT2D eigenvalue weighted by Crippen LogP contribution is -2.09. The Kier molecular flexibility index (Phi) is 5.77. The topological polar surface area (TPSA) is 49.8 Å². The van der Waals surface area contributed by atoms with Crippen molar-refractivity contribution in [3.63, 3.8) is 0 Å². The highest BCUT2D eigenvalue weighted by Gasteiger charge is 2.04. The van der Waals surface area contributed by atoms with Gasteiger partial charge in [0.15, 0.2) is 0 Å². The van der Waals surface area contributed by atoms with Gasteiger partial charge in [-0.05, 0) is 55.9 Å². The maximum atomic E-state index is 12.9. The van der Waals surface area contributed by atoms with Gasteiger partial charge in [-0.2, -0.15) is 4.98 Å². The molecule has 126 valence electrons. The van der Waals surface area contributed by atoms with Crippen molar-refractivity contribution in [1.82, 2.24) is 9.97 Å². The fraction of sp³-hybridized carbons (Fsp3) is 0.368. The van der Waals surface area contributed by atoms with Crippen LogP contribution in [-0.4, -0.2) is 16.5 Å². The number of benzene rings is 1. The van der Waals surface area contributed by atoms with E-state index in [0.29, 0.717) is 12.5 Å². The lowest BCUT2D eigenvalue weighted by atomic mass is 9.97. The third kappa shape index (κ3) is 5.05. The van der Waals surface area contributed by atoms with Gasteiger partial charge < -0.3 is 10.6 Å². The molecule has 0 amide bonds. The second-order valence-corrected chi connectivity index (χ2v) is 6.03. The number of hydrogen-bond acceptors (Lipinski definition) is 4. The normalized spacial score (nSPS) is 14.1. The average molecular weight is 326 g/mol. The molecule has 0 atom stereocenters. The van der Waals surface area contributed by atoms with Crippen LogP contribution >= 0.6 is 0 Å². The molecule has 0 aliphatic heterocycles. The van der Waals surface area contributed by atoms with Crippen LogP contribution in [0.2, 0.25) is 0 Å². The molecule has 1 heterocycles. The molecule has 0 saturated heterocycles. The molecule has 2 N–H and O–H groups in total. The Balaban J connectivity index is 1.48. The molecular formula is C19H23FN4. The molecule has 4 nitrogen and oxygen atoms in total. The molecule has 0 radical (unpaired) electrons. The lowest BCUT2D eigenvalue weighted by molar-refractivity contribution is 0.627. The second kappa shape index (κ2) is 8.43. The highest BCUT2D eigenvalue weighted by atomic mass is 19.1. The minimum Gasteiger partial charge on any atom is -0.366 e. The van der Waals surface area contributed by atoms with Crippen LogP contribution in [0.3, 0.4) is 0 Å². The molecular weight excluding hydrogens is 303 g/mol. The van der Waals surface area contributed by atoms with Crippen molar-refractivity contribution >= 4 is 11.8 Å². The SMILES string of the molecule is Fc1ccc(CNc2ccnc(NCCC3=CCCCC3)n2)cc1. The molecule has 1 aliphatic rings. The number of nitrogens with one attached hydrogen (secondary N) is 2. The van der Waals surface area contributed by atoms with Crippen LogP contribution in [0.15, 0.2) is 48.2 Å². The molecule has 1 aromatic carbocycles. The predicted octanol–water partition coefficient (Wildman–Crippen LogP) is 4.53. The Bertz CT molecular complexity index is 682. The van der Waals surface area contributed by atoms with E-state index in [-0.39, 0.29) is 5.82 Å².